The Balaban J connectivity index is 2.84. The van der Waals surface area contributed by atoms with Crippen LogP contribution in [0.5, 0.6) is 0 Å². The third kappa shape index (κ3) is 5.07. The van der Waals surface area contributed by atoms with Gasteiger partial charge in [-0.1, -0.05) is 19.4 Å². The zero-order valence-corrected chi connectivity index (χ0v) is 12.4. The standard InChI is InChI=1S/C15H22N2O4/c1-3-4-7-17(8-9-18)15(21)16-13-10-12(14(19)20)6-5-11(13)2/h5-6,10,18H,3-4,7-9H2,1-2H3,(H,16,21)(H,19,20). The topological polar surface area (TPSA) is 89.9 Å². The summed E-state index contributed by atoms with van der Waals surface area (Å²) < 4.78 is 0. The highest BCUT2D eigenvalue weighted by molar-refractivity contribution is 5.94. The number of aliphatic hydroxyl groups excluding tert-OH is 1. The van der Waals surface area contributed by atoms with Crippen molar-refractivity contribution in [2.24, 2.45) is 0 Å². The number of amides is 2. The van der Waals surface area contributed by atoms with Crippen molar-refractivity contribution in [3.05, 3.63) is 29.3 Å². The number of unbranched alkanes of at least 4 members (excludes halogenated alkanes) is 1. The number of anilines is 1. The Morgan fingerprint density at radius 2 is 2.00 bits per heavy atom. The first-order valence-corrected chi connectivity index (χ1v) is 7.00. The minimum Gasteiger partial charge on any atom is -0.478 e. The fourth-order valence-electron chi connectivity index (χ4n) is 1.87. The summed E-state index contributed by atoms with van der Waals surface area (Å²) in [5, 5.41) is 20.7. The smallest absolute Gasteiger partial charge is 0.335 e. The first kappa shape index (κ1) is 17.0. The first-order chi connectivity index (χ1) is 9.99. The lowest BCUT2D eigenvalue weighted by Gasteiger charge is -2.22. The van der Waals surface area contributed by atoms with E-state index in [1.807, 2.05) is 6.92 Å². The lowest BCUT2D eigenvalue weighted by Crippen LogP contribution is -2.37. The van der Waals surface area contributed by atoms with Gasteiger partial charge in [-0.05, 0) is 31.0 Å². The summed E-state index contributed by atoms with van der Waals surface area (Å²) in [5.41, 5.74) is 1.38. The van der Waals surface area contributed by atoms with Gasteiger partial charge in [-0.2, -0.15) is 0 Å². The minimum absolute atomic E-state index is 0.106. The van der Waals surface area contributed by atoms with Crippen LogP contribution in [-0.4, -0.2) is 46.8 Å². The SMILES string of the molecule is CCCCN(CCO)C(=O)Nc1cc(C(=O)O)ccc1C. The molecule has 0 atom stereocenters. The summed E-state index contributed by atoms with van der Waals surface area (Å²) in [5.74, 6) is -1.04. The minimum atomic E-state index is -1.04. The van der Waals surface area contributed by atoms with Gasteiger partial charge in [-0.3, -0.25) is 0 Å². The molecular weight excluding hydrogens is 272 g/mol. The van der Waals surface area contributed by atoms with Crippen molar-refractivity contribution in [3.8, 4) is 0 Å². The highest BCUT2D eigenvalue weighted by atomic mass is 16.4. The molecular formula is C15H22N2O4. The number of carboxylic acids is 1. The summed E-state index contributed by atoms with van der Waals surface area (Å²) in [4.78, 5) is 24.7. The molecule has 2 amide bonds. The van der Waals surface area contributed by atoms with Crippen LogP contribution in [0.2, 0.25) is 0 Å². The van der Waals surface area contributed by atoms with E-state index in [4.69, 9.17) is 10.2 Å². The van der Waals surface area contributed by atoms with Gasteiger partial charge in [0.2, 0.25) is 0 Å². The average molecular weight is 294 g/mol. The van der Waals surface area contributed by atoms with Crippen LogP contribution in [0.3, 0.4) is 0 Å². The summed E-state index contributed by atoms with van der Waals surface area (Å²) in [6, 6.07) is 4.26. The van der Waals surface area contributed by atoms with Gasteiger partial charge in [0.05, 0.1) is 12.2 Å². The van der Waals surface area contributed by atoms with E-state index >= 15 is 0 Å². The highest BCUT2D eigenvalue weighted by Crippen LogP contribution is 2.17. The van der Waals surface area contributed by atoms with E-state index in [0.717, 1.165) is 18.4 Å². The predicted octanol–water partition coefficient (Wildman–Crippen LogP) is 2.32. The second-order valence-electron chi connectivity index (χ2n) is 4.83. The molecule has 0 radical (unpaired) electrons. The van der Waals surface area contributed by atoms with E-state index in [2.05, 4.69) is 5.32 Å². The second-order valence-corrected chi connectivity index (χ2v) is 4.83. The van der Waals surface area contributed by atoms with E-state index in [1.165, 1.54) is 17.0 Å². The monoisotopic (exact) mass is 294 g/mol. The van der Waals surface area contributed by atoms with Crippen LogP contribution in [0.1, 0.15) is 35.7 Å². The van der Waals surface area contributed by atoms with Crippen LogP contribution >= 0.6 is 0 Å². The van der Waals surface area contributed by atoms with Crippen molar-refractivity contribution < 1.29 is 19.8 Å². The van der Waals surface area contributed by atoms with E-state index in [9.17, 15) is 9.59 Å². The fourth-order valence-corrected chi connectivity index (χ4v) is 1.87. The Morgan fingerprint density at radius 3 is 2.57 bits per heavy atom. The van der Waals surface area contributed by atoms with Crippen LogP contribution in [-0.2, 0) is 0 Å². The molecule has 0 heterocycles. The molecule has 0 aliphatic rings. The number of hydrogen-bond acceptors (Lipinski definition) is 3. The number of rotatable bonds is 7. The number of aliphatic hydroxyl groups is 1. The average Bonchev–Trinajstić information content (AvgIpc) is 2.45. The molecule has 0 saturated carbocycles. The summed E-state index contributed by atoms with van der Waals surface area (Å²) >= 11 is 0. The third-order valence-corrected chi connectivity index (χ3v) is 3.16. The molecule has 6 heteroatoms. The Hall–Kier alpha value is -2.08. The van der Waals surface area contributed by atoms with Crippen LogP contribution in [0.25, 0.3) is 0 Å². The van der Waals surface area contributed by atoms with Crippen LogP contribution in [0.15, 0.2) is 18.2 Å². The number of nitrogens with one attached hydrogen (secondary N) is 1. The van der Waals surface area contributed by atoms with Gasteiger partial charge in [0.25, 0.3) is 0 Å². The maximum atomic E-state index is 12.2. The van der Waals surface area contributed by atoms with E-state index < -0.39 is 5.97 Å². The lowest BCUT2D eigenvalue weighted by atomic mass is 10.1. The van der Waals surface area contributed by atoms with Gasteiger partial charge in [-0.25, -0.2) is 9.59 Å². The maximum absolute atomic E-state index is 12.2. The number of carbonyl (C=O) groups excluding carboxylic acids is 1. The number of aromatic carboxylic acids is 1. The van der Waals surface area contributed by atoms with Crippen LogP contribution < -0.4 is 5.32 Å². The van der Waals surface area contributed by atoms with Crippen molar-refractivity contribution in [1.82, 2.24) is 4.90 Å². The second kappa shape index (κ2) is 8.26. The number of carboxylic acid groups (broad SMARTS) is 1. The Bertz CT molecular complexity index is 502. The summed E-state index contributed by atoms with van der Waals surface area (Å²) in [6.07, 6.45) is 1.80. The number of nitrogens with zero attached hydrogens (tertiary/aromatic N) is 1. The number of benzene rings is 1. The maximum Gasteiger partial charge on any atom is 0.335 e. The largest absolute Gasteiger partial charge is 0.478 e. The van der Waals surface area contributed by atoms with Crippen molar-refractivity contribution in [2.45, 2.75) is 26.7 Å². The number of hydrogen-bond donors (Lipinski definition) is 3. The predicted molar refractivity (Wildman–Crippen MR) is 80.7 cm³/mol. The van der Waals surface area contributed by atoms with Gasteiger partial charge in [0.15, 0.2) is 0 Å². The van der Waals surface area contributed by atoms with Gasteiger partial charge in [0.1, 0.15) is 0 Å². The molecule has 1 aromatic carbocycles. The Labute approximate surface area is 124 Å². The molecule has 0 saturated heterocycles. The molecule has 3 N–H and O–H groups in total. The van der Waals surface area contributed by atoms with Crippen molar-refractivity contribution in [3.63, 3.8) is 0 Å². The normalized spacial score (nSPS) is 10.2. The number of urea groups is 1. The van der Waals surface area contributed by atoms with Gasteiger partial charge >= 0.3 is 12.0 Å². The van der Waals surface area contributed by atoms with Crippen LogP contribution in [0.4, 0.5) is 10.5 Å². The number of aryl methyl sites for hydroxylation is 1. The molecule has 0 bridgehead atoms. The van der Waals surface area contributed by atoms with Crippen molar-refractivity contribution >= 4 is 17.7 Å². The fraction of sp³-hybridized carbons (Fsp3) is 0.467. The lowest BCUT2D eigenvalue weighted by molar-refractivity contribution is 0.0697. The molecule has 1 rings (SSSR count). The molecule has 21 heavy (non-hydrogen) atoms. The summed E-state index contributed by atoms with van der Waals surface area (Å²) in [7, 11) is 0. The Morgan fingerprint density at radius 1 is 1.29 bits per heavy atom. The zero-order valence-electron chi connectivity index (χ0n) is 12.4. The van der Waals surface area contributed by atoms with Gasteiger partial charge in [0, 0.05) is 18.8 Å². The molecule has 0 aliphatic carbocycles. The number of carbonyl (C=O) groups is 2. The summed E-state index contributed by atoms with van der Waals surface area (Å²) in [6.45, 7) is 4.52. The molecule has 0 unspecified atom stereocenters. The van der Waals surface area contributed by atoms with E-state index in [-0.39, 0.29) is 24.7 Å². The van der Waals surface area contributed by atoms with Gasteiger partial charge in [-0.15, -0.1) is 0 Å². The molecule has 0 aliphatic heterocycles. The van der Waals surface area contributed by atoms with Gasteiger partial charge < -0.3 is 20.4 Å². The molecule has 0 spiro atoms. The van der Waals surface area contributed by atoms with Crippen LogP contribution in [0, 0.1) is 6.92 Å². The molecule has 0 aromatic heterocycles. The Kier molecular flexibility index (Phi) is 6.68. The van der Waals surface area contributed by atoms with Crippen molar-refractivity contribution in [2.75, 3.05) is 25.0 Å². The van der Waals surface area contributed by atoms with E-state index in [1.54, 1.807) is 13.0 Å². The molecule has 6 nitrogen and oxygen atoms in total. The molecule has 0 fully saturated rings. The van der Waals surface area contributed by atoms with Crippen molar-refractivity contribution in [1.29, 1.82) is 0 Å². The van der Waals surface area contributed by atoms with E-state index in [0.29, 0.717) is 12.2 Å². The molecule has 116 valence electrons. The third-order valence-electron chi connectivity index (χ3n) is 3.16. The molecule has 1 aromatic rings. The zero-order chi connectivity index (χ0) is 15.8. The quantitative estimate of drug-likeness (QED) is 0.720. The first-order valence-electron chi connectivity index (χ1n) is 7.00. The highest BCUT2D eigenvalue weighted by Gasteiger charge is 2.14.